The molecule has 6 nitrogen and oxygen atoms in total. The average Bonchev–Trinajstić information content (AvgIpc) is 2.67. The van der Waals surface area contributed by atoms with Crippen molar-refractivity contribution in [1.29, 1.82) is 0 Å². The molecule has 0 bridgehead atoms. The molecule has 7 heteroatoms. The molecule has 0 atom stereocenters. The fraction of sp³-hybridized carbons (Fsp3) is 0. The van der Waals surface area contributed by atoms with Gasteiger partial charge in [-0.3, -0.25) is 15.0 Å². The summed E-state index contributed by atoms with van der Waals surface area (Å²) in [5, 5.41) is 15.4. The summed E-state index contributed by atoms with van der Waals surface area (Å²) in [4.78, 5) is 20.6. The van der Waals surface area contributed by atoms with E-state index in [9.17, 15) is 4.79 Å². The number of hydrogen-bond acceptors (Lipinski definition) is 5. The van der Waals surface area contributed by atoms with Crippen molar-refractivity contribution >= 4 is 50.7 Å². The van der Waals surface area contributed by atoms with E-state index in [2.05, 4.69) is 15.3 Å². The monoisotopic (exact) mass is 364 g/mol. The van der Waals surface area contributed by atoms with Crippen molar-refractivity contribution in [1.82, 2.24) is 15.4 Å². The first kappa shape index (κ1) is 16.3. The maximum absolute atomic E-state index is 11.7. The Bertz CT molecular complexity index is 1150. The third-order valence-electron chi connectivity index (χ3n) is 4.05. The Morgan fingerprint density at radius 1 is 1.04 bits per heavy atom. The number of halogens is 1. The van der Waals surface area contributed by atoms with E-state index < -0.39 is 5.91 Å². The van der Waals surface area contributed by atoms with Crippen LogP contribution in [0.1, 0.15) is 10.4 Å². The normalized spacial score (nSPS) is 10.8. The van der Waals surface area contributed by atoms with E-state index in [-0.39, 0.29) is 0 Å². The lowest BCUT2D eigenvalue weighted by molar-refractivity contribution is 0.0706. The maximum Gasteiger partial charge on any atom is 0.274 e. The Balaban J connectivity index is 1.93. The number of fused-ring (bicyclic) bond motifs is 3. The van der Waals surface area contributed by atoms with Crippen LogP contribution < -0.4 is 10.8 Å². The van der Waals surface area contributed by atoms with E-state index in [4.69, 9.17) is 16.8 Å². The van der Waals surface area contributed by atoms with Gasteiger partial charge in [0, 0.05) is 44.8 Å². The quantitative estimate of drug-likeness (QED) is 0.286. The highest BCUT2D eigenvalue weighted by atomic mass is 35.5. The minimum atomic E-state index is -0.593. The predicted octanol–water partition coefficient (Wildman–Crippen LogP) is 4.30. The summed E-state index contributed by atoms with van der Waals surface area (Å²) in [6.45, 7) is 0. The van der Waals surface area contributed by atoms with Crippen LogP contribution in [0.15, 0.2) is 60.9 Å². The molecule has 0 fully saturated rings. The van der Waals surface area contributed by atoms with Gasteiger partial charge < -0.3 is 5.32 Å². The first-order chi connectivity index (χ1) is 12.7. The molecule has 0 radical (unpaired) electrons. The van der Waals surface area contributed by atoms with Crippen LogP contribution in [0, 0.1) is 0 Å². The first-order valence-electron chi connectivity index (χ1n) is 7.80. The second-order valence-corrected chi connectivity index (χ2v) is 6.13. The van der Waals surface area contributed by atoms with E-state index in [1.165, 1.54) is 0 Å². The minimum absolute atomic E-state index is 0.310. The van der Waals surface area contributed by atoms with Gasteiger partial charge in [0.2, 0.25) is 0 Å². The molecular formula is C19H13ClN4O2. The number of nitrogens with one attached hydrogen (secondary N) is 2. The molecule has 4 aromatic rings. The molecule has 2 heterocycles. The van der Waals surface area contributed by atoms with Crippen LogP contribution in [-0.2, 0) is 0 Å². The van der Waals surface area contributed by atoms with Crippen molar-refractivity contribution < 1.29 is 10.0 Å². The largest absolute Gasteiger partial charge is 0.340 e. The molecule has 0 saturated carbocycles. The third-order valence-corrected chi connectivity index (χ3v) is 4.28. The number of amides is 1. The van der Waals surface area contributed by atoms with Crippen molar-refractivity contribution in [3.63, 3.8) is 0 Å². The highest BCUT2D eigenvalue weighted by Crippen LogP contribution is 2.31. The molecule has 0 saturated heterocycles. The molecule has 0 spiro atoms. The number of benzene rings is 2. The zero-order valence-electron chi connectivity index (χ0n) is 13.4. The van der Waals surface area contributed by atoms with E-state index >= 15 is 0 Å². The van der Waals surface area contributed by atoms with Gasteiger partial charge in [0.05, 0.1) is 5.52 Å². The minimum Gasteiger partial charge on any atom is -0.340 e. The number of nitrogens with zero attached hydrogens (tertiary/aromatic N) is 2. The number of aromatic nitrogens is 2. The lowest BCUT2D eigenvalue weighted by Crippen LogP contribution is -2.18. The molecule has 0 unspecified atom stereocenters. The number of pyridine rings is 2. The van der Waals surface area contributed by atoms with E-state index in [1.807, 2.05) is 18.2 Å². The van der Waals surface area contributed by atoms with E-state index in [0.717, 1.165) is 21.8 Å². The summed E-state index contributed by atoms with van der Waals surface area (Å²) in [6.07, 6.45) is 3.46. The number of carbonyl (C=O) groups is 1. The Labute approximate surface area is 153 Å². The Morgan fingerprint density at radius 3 is 2.73 bits per heavy atom. The smallest absolute Gasteiger partial charge is 0.274 e. The van der Waals surface area contributed by atoms with Crippen molar-refractivity contribution in [3.05, 3.63) is 71.5 Å². The fourth-order valence-corrected chi connectivity index (χ4v) is 3.04. The highest BCUT2D eigenvalue weighted by molar-refractivity contribution is 6.30. The first-order valence-corrected chi connectivity index (χ1v) is 8.18. The summed E-state index contributed by atoms with van der Waals surface area (Å²) in [5.74, 6) is 0.0306. The molecule has 128 valence electrons. The summed E-state index contributed by atoms with van der Waals surface area (Å²) in [7, 11) is 0. The molecule has 4 rings (SSSR count). The van der Waals surface area contributed by atoms with Crippen LogP contribution in [-0.4, -0.2) is 21.1 Å². The molecule has 2 aromatic heterocycles. The molecular weight excluding hydrogens is 352 g/mol. The number of carbonyl (C=O) groups excluding carboxylic acids is 1. The Morgan fingerprint density at radius 2 is 1.92 bits per heavy atom. The van der Waals surface area contributed by atoms with Gasteiger partial charge in [-0.05, 0) is 36.4 Å². The van der Waals surface area contributed by atoms with Crippen LogP contribution in [0.4, 0.5) is 11.5 Å². The zero-order chi connectivity index (χ0) is 18.1. The summed E-state index contributed by atoms with van der Waals surface area (Å²) >= 11 is 6.06. The number of hydrogen-bond donors (Lipinski definition) is 3. The predicted molar refractivity (Wildman–Crippen MR) is 101 cm³/mol. The average molecular weight is 365 g/mol. The van der Waals surface area contributed by atoms with Gasteiger partial charge in [0.25, 0.3) is 5.91 Å². The molecule has 0 aliphatic carbocycles. The van der Waals surface area contributed by atoms with Crippen molar-refractivity contribution in [2.24, 2.45) is 0 Å². The van der Waals surface area contributed by atoms with Gasteiger partial charge in [0.15, 0.2) is 0 Å². The van der Waals surface area contributed by atoms with Crippen LogP contribution in [0.2, 0.25) is 5.02 Å². The van der Waals surface area contributed by atoms with Crippen LogP contribution in [0.5, 0.6) is 0 Å². The topological polar surface area (TPSA) is 87.1 Å². The second kappa shape index (κ2) is 6.59. The van der Waals surface area contributed by atoms with Crippen molar-refractivity contribution in [2.75, 3.05) is 5.32 Å². The van der Waals surface area contributed by atoms with Gasteiger partial charge in [-0.15, -0.1) is 0 Å². The van der Waals surface area contributed by atoms with Gasteiger partial charge >= 0.3 is 0 Å². The van der Waals surface area contributed by atoms with Gasteiger partial charge in [-0.2, -0.15) is 0 Å². The Hall–Kier alpha value is -3.22. The summed E-state index contributed by atoms with van der Waals surface area (Å²) in [5.41, 5.74) is 3.35. The van der Waals surface area contributed by atoms with Crippen LogP contribution in [0.3, 0.4) is 0 Å². The molecule has 0 aliphatic heterocycles. The number of rotatable bonds is 3. The SMILES string of the molecule is O=C(NO)c1ccc2c(c1)nc(Nc1cccc(Cl)c1)c1ccncc12. The molecule has 3 N–H and O–H groups in total. The summed E-state index contributed by atoms with van der Waals surface area (Å²) in [6, 6.07) is 14.3. The van der Waals surface area contributed by atoms with E-state index in [0.29, 0.717) is 21.9 Å². The number of anilines is 2. The van der Waals surface area contributed by atoms with Gasteiger partial charge in [-0.1, -0.05) is 23.7 Å². The zero-order valence-corrected chi connectivity index (χ0v) is 14.2. The molecule has 2 aromatic carbocycles. The van der Waals surface area contributed by atoms with Gasteiger partial charge in [0.1, 0.15) is 5.82 Å². The lowest BCUT2D eigenvalue weighted by atomic mass is 10.1. The van der Waals surface area contributed by atoms with Crippen molar-refractivity contribution in [3.8, 4) is 0 Å². The maximum atomic E-state index is 11.7. The fourth-order valence-electron chi connectivity index (χ4n) is 2.85. The third kappa shape index (κ3) is 2.92. The molecule has 1 amide bonds. The molecule has 0 aliphatic rings. The van der Waals surface area contributed by atoms with Gasteiger partial charge in [-0.25, -0.2) is 10.5 Å². The van der Waals surface area contributed by atoms with Crippen LogP contribution >= 0.6 is 11.6 Å². The summed E-state index contributed by atoms with van der Waals surface area (Å²) < 4.78 is 0. The Kier molecular flexibility index (Phi) is 4.12. The second-order valence-electron chi connectivity index (χ2n) is 5.69. The van der Waals surface area contributed by atoms with Crippen molar-refractivity contribution in [2.45, 2.75) is 0 Å². The molecule has 26 heavy (non-hydrogen) atoms. The number of hydroxylamine groups is 1. The highest BCUT2D eigenvalue weighted by Gasteiger charge is 2.12. The van der Waals surface area contributed by atoms with E-state index in [1.54, 1.807) is 48.2 Å². The lowest BCUT2D eigenvalue weighted by Gasteiger charge is -2.12. The van der Waals surface area contributed by atoms with Crippen LogP contribution in [0.25, 0.3) is 21.7 Å². The standard InChI is InChI=1S/C19H13ClN4O2/c20-12-2-1-3-13(9-12)22-18-15-6-7-21-10-16(15)14-5-4-11(19(25)24-26)8-17(14)23-18/h1-10,26H,(H,22,23)(H,24,25).